The molecule has 0 aliphatic rings. The van der Waals surface area contributed by atoms with Crippen LogP contribution in [0, 0.1) is 13.8 Å². The number of nitrogens with one attached hydrogen (secondary N) is 1. The third-order valence-corrected chi connectivity index (χ3v) is 8.05. The number of rotatable bonds is 11. The zero-order valence-electron chi connectivity index (χ0n) is 23.3. The lowest BCUT2D eigenvalue weighted by atomic mass is 10.1. The molecule has 0 spiro atoms. The number of sulfonamides is 1. The first-order valence-corrected chi connectivity index (χ1v) is 14.2. The molecule has 0 fully saturated rings. The number of benzene rings is 3. The first-order chi connectivity index (χ1) is 18.4. The lowest BCUT2D eigenvalue weighted by molar-refractivity contribution is -0.139. The summed E-state index contributed by atoms with van der Waals surface area (Å²) in [5.41, 5.74) is 3.03. The number of hydrogen-bond acceptors (Lipinski definition) is 5. The maximum Gasteiger partial charge on any atom is 0.264 e. The normalized spacial score (nSPS) is 12.1. The molecule has 0 aliphatic carbocycles. The summed E-state index contributed by atoms with van der Waals surface area (Å²) >= 11 is 0. The Morgan fingerprint density at radius 2 is 1.56 bits per heavy atom. The van der Waals surface area contributed by atoms with Crippen LogP contribution in [0.5, 0.6) is 5.75 Å². The minimum absolute atomic E-state index is 0.0551. The quantitative estimate of drug-likeness (QED) is 0.380. The van der Waals surface area contributed by atoms with Crippen molar-refractivity contribution in [2.24, 2.45) is 0 Å². The Morgan fingerprint density at radius 3 is 2.18 bits per heavy atom. The van der Waals surface area contributed by atoms with Crippen LogP contribution < -0.4 is 14.4 Å². The fourth-order valence-electron chi connectivity index (χ4n) is 4.13. The molecule has 39 heavy (non-hydrogen) atoms. The predicted octanol–water partition coefficient (Wildman–Crippen LogP) is 4.45. The van der Waals surface area contributed by atoms with Crippen LogP contribution in [0.4, 0.5) is 5.69 Å². The average Bonchev–Trinajstić information content (AvgIpc) is 2.89. The number of methoxy groups -OCH3 is 1. The Bertz CT molecular complexity index is 1400. The number of anilines is 1. The first-order valence-electron chi connectivity index (χ1n) is 12.8. The molecule has 1 N–H and O–H groups in total. The van der Waals surface area contributed by atoms with E-state index in [0.29, 0.717) is 5.75 Å². The van der Waals surface area contributed by atoms with E-state index in [9.17, 15) is 18.0 Å². The number of amides is 2. The minimum atomic E-state index is -4.14. The highest BCUT2D eigenvalue weighted by molar-refractivity contribution is 7.92. The van der Waals surface area contributed by atoms with Gasteiger partial charge in [0.1, 0.15) is 18.3 Å². The topological polar surface area (TPSA) is 96.0 Å². The van der Waals surface area contributed by atoms with E-state index in [1.165, 1.54) is 24.1 Å². The maximum atomic E-state index is 13.9. The molecule has 0 aliphatic heterocycles. The summed E-state index contributed by atoms with van der Waals surface area (Å²) in [5, 5.41) is 2.86. The molecule has 0 aromatic heterocycles. The molecule has 3 aromatic rings. The Labute approximate surface area is 231 Å². The summed E-state index contributed by atoms with van der Waals surface area (Å²) in [6.07, 6.45) is 0. The fraction of sp³-hybridized carbons (Fsp3) is 0.333. The molecule has 0 saturated carbocycles. The molecule has 1 atom stereocenters. The summed E-state index contributed by atoms with van der Waals surface area (Å²) in [7, 11) is -2.65. The smallest absolute Gasteiger partial charge is 0.264 e. The van der Waals surface area contributed by atoms with E-state index in [2.05, 4.69) is 5.32 Å². The molecule has 0 unspecified atom stereocenters. The van der Waals surface area contributed by atoms with Crippen molar-refractivity contribution in [3.63, 3.8) is 0 Å². The van der Waals surface area contributed by atoms with E-state index in [4.69, 9.17) is 4.74 Å². The summed E-state index contributed by atoms with van der Waals surface area (Å²) in [4.78, 5) is 28.4. The van der Waals surface area contributed by atoms with Gasteiger partial charge in [0, 0.05) is 18.7 Å². The van der Waals surface area contributed by atoms with E-state index >= 15 is 0 Å². The van der Waals surface area contributed by atoms with E-state index in [-0.39, 0.29) is 29.1 Å². The fourth-order valence-corrected chi connectivity index (χ4v) is 5.53. The summed E-state index contributed by atoms with van der Waals surface area (Å²) < 4.78 is 34.2. The van der Waals surface area contributed by atoms with Crippen molar-refractivity contribution in [1.82, 2.24) is 10.2 Å². The van der Waals surface area contributed by atoms with Crippen LogP contribution >= 0.6 is 0 Å². The monoisotopic (exact) mass is 551 g/mol. The van der Waals surface area contributed by atoms with Gasteiger partial charge in [-0.25, -0.2) is 8.42 Å². The number of hydrogen-bond donors (Lipinski definition) is 1. The van der Waals surface area contributed by atoms with E-state index < -0.39 is 28.5 Å². The van der Waals surface area contributed by atoms with Gasteiger partial charge in [-0.3, -0.25) is 13.9 Å². The minimum Gasteiger partial charge on any atom is -0.497 e. The molecule has 8 nitrogen and oxygen atoms in total. The SMILES string of the molecule is COc1cccc(N(CC(=O)N(Cc2cccc(C)c2)[C@@H](C)C(=O)NC(C)C)S(=O)(=O)c2ccc(C)cc2)c1. The Hall–Kier alpha value is -3.85. The van der Waals surface area contributed by atoms with Crippen LogP contribution in [0.3, 0.4) is 0 Å². The number of nitrogens with zero attached hydrogens (tertiary/aromatic N) is 2. The molecular formula is C30H37N3O5S. The number of carbonyl (C=O) groups is 2. The zero-order valence-corrected chi connectivity index (χ0v) is 24.2. The first kappa shape index (κ1) is 29.7. The van der Waals surface area contributed by atoms with Gasteiger partial charge in [0.15, 0.2) is 0 Å². The van der Waals surface area contributed by atoms with Crippen LogP contribution in [0.25, 0.3) is 0 Å². The molecule has 3 aromatic carbocycles. The highest BCUT2D eigenvalue weighted by atomic mass is 32.2. The summed E-state index contributed by atoms with van der Waals surface area (Å²) in [6, 6.07) is 19.7. The van der Waals surface area contributed by atoms with Crippen molar-refractivity contribution in [2.75, 3.05) is 18.0 Å². The predicted molar refractivity (Wildman–Crippen MR) is 153 cm³/mol. The van der Waals surface area contributed by atoms with E-state index in [0.717, 1.165) is 21.0 Å². The van der Waals surface area contributed by atoms with Gasteiger partial charge in [0.2, 0.25) is 11.8 Å². The van der Waals surface area contributed by atoms with Crippen LogP contribution in [-0.2, 0) is 26.2 Å². The van der Waals surface area contributed by atoms with Gasteiger partial charge >= 0.3 is 0 Å². The highest BCUT2D eigenvalue weighted by Gasteiger charge is 2.32. The molecule has 0 saturated heterocycles. The summed E-state index contributed by atoms with van der Waals surface area (Å²) in [6.45, 7) is 8.79. The van der Waals surface area contributed by atoms with Crippen LogP contribution in [0.2, 0.25) is 0 Å². The number of aryl methyl sites for hydroxylation is 2. The molecule has 2 amide bonds. The van der Waals surface area contributed by atoms with Crippen molar-refractivity contribution in [2.45, 2.75) is 58.1 Å². The van der Waals surface area contributed by atoms with Gasteiger partial charge in [0.05, 0.1) is 17.7 Å². The largest absolute Gasteiger partial charge is 0.497 e. The van der Waals surface area contributed by atoms with Gasteiger partial charge < -0.3 is 15.0 Å². The zero-order chi connectivity index (χ0) is 28.7. The van der Waals surface area contributed by atoms with Gasteiger partial charge in [-0.2, -0.15) is 0 Å². The Kier molecular flexibility index (Phi) is 9.75. The van der Waals surface area contributed by atoms with E-state index in [1.807, 2.05) is 52.0 Å². The average molecular weight is 552 g/mol. The Balaban J connectivity index is 2.05. The second-order valence-electron chi connectivity index (χ2n) is 9.88. The molecule has 9 heteroatoms. The van der Waals surface area contributed by atoms with Crippen LogP contribution in [-0.4, -0.2) is 50.9 Å². The maximum absolute atomic E-state index is 13.9. The number of carbonyl (C=O) groups excluding carboxylic acids is 2. The molecule has 0 bridgehead atoms. The van der Waals surface area contributed by atoms with Crippen LogP contribution in [0.1, 0.15) is 37.5 Å². The van der Waals surface area contributed by atoms with Crippen molar-refractivity contribution in [1.29, 1.82) is 0 Å². The van der Waals surface area contributed by atoms with Crippen LogP contribution in [0.15, 0.2) is 77.7 Å². The Morgan fingerprint density at radius 1 is 0.897 bits per heavy atom. The molecular weight excluding hydrogens is 514 g/mol. The van der Waals surface area contributed by atoms with Crippen molar-refractivity contribution >= 4 is 27.5 Å². The number of ether oxygens (including phenoxy) is 1. The van der Waals surface area contributed by atoms with E-state index in [1.54, 1.807) is 43.3 Å². The third-order valence-electron chi connectivity index (χ3n) is 6.26. The third kappa shape index (κ3) is 7.60. The molecule has 0 heterocycles. The van der Waals surface area contributed by atoms with Crippen molar-refractivity contribution < 1.29 is 22.7 Å². The summed E-state index contributed by atoms with van der Waals surface area (Å²) in [5.74, 6) is -0.382. The highest BCUT2D eigenvalue weighted by Crippen LogP contribution is 2.28. The van der Waals surface area contributed by atoms with Crippen molar-refractivity contribution in [3.05, 3.63) is 89.5 Å². The standard InChI is InChI=1S/C30H37N3O5S/c1-21(2)31-30(35)24(5)32(19-25-10-7-9-23(4)17-25)29(34)20-33(26-11-8-12-27(18-26)38-6)39(36,37)28-15-13-22(3)14-16-28/h7-18,21,24H,19-20H2,1-6H3,(H,31,35)/t24-/m0/s1. The molecule has 208 valence electrons. The van der Waals surface area contributed by atoms with Crippen molar-refractivity contribution in [3.8, 4) is 5.75 Å². The van der Waals surface area contributed by atoms with Gasteiger partial charge in [-0.1, -0.05) is 53.6 Å². The van der Waals surface area contributed by atoms with Gasteiger partial charge in [0.25, 0.3) is 10.0 Å². The molecule has 3 rings (SSSR count). The second kappa shape index (κ2) is 12.8. The lowest BCUT2D eigenvalue weighted by Gasteiger charge is -2.32. The lowest BCUT2D eigenvalue weighted by Crippen LogP contribution is -2.52. The second-order valence-corrected chi connectivity index (χ2v) is 11.7. The van der Waals surface area contributed by atoms with Gasteiger partial charge in [-0.15, -0.1) is 0 Å². The molecule has 0 radical (unpaired) electrons. The van der Waals surface area contributed by atoms with Gasteiger partial charge in [-0.05, 0) is 64.4 Å².